The summed E-state index contributed by atoms with van der Waals surface area (Å²) in [7, 11) is 2.96. The van der Waals surface area contributed by atoms with Crippen molar-refractivity contribution in [2.24, 2.45) is 0 Å². The molecule has 1 heterocycles. The van der Waals surface area contributed by atoms with Gasteiger partial charge in [-0.1, -0.05) is 11.6 Å². The molecule has 0 saturated carbocycles. The van der Waals surface area contributed by atoms with Crippen molar-refractivity contribution in [2.75, 3.05) is 14.2 Å². The highest BCUT2D eigenvalue weighted by atomic mass is 35.5. The summed E-state index contributed by atoms with van der Waals surface area (Å²) in [4.78, 5) is 11.2. The van der Waals surface area contributed by atoms with Crippen molar-refractivity contribution in [1.82, 2.24) is 4.57 Å². The fourth-order valence-corrected chi connectivity index (χ4v) is 1.47. The fourth-order valence-electron chi connectivity index (χ4n) is 1.23. The van der Waals surface area contributed by atoms with Crippen LogP contribution in [0.2, 0.25) is 5.15 Å². The number of carbonyl (C=O) groups is 1. The third-order valence-corrected chi connectivity index (χ3v) is 2.15. The van der Waals surface area contributed by atoms with E-state index in [4.69, 9.17) is 21.1 Å². The van der Waals surface area contributed by atoms with Crippen LogP contribution in [0.5, 0.6) is 0 Å². The van der Waals surface area contributed by atoms with Gasteiger partial charge in [-0.15, -0.1) is 0 Å². The molecular formula is C9H12ClNO3. The molecule has 0 fully saturated rings. The summed E-state index contributed by atoms with van der Waals surface area (Å²) < 4.78 is 11.5. The molecule has 5 heteroatoms. The Morgan fingerprint density at radius 1 is 1.43 bits per heavy atom. The van der Waals surface area contributed by atoms with Gasteiger partial charge in [-0.05, 0) is 12.1 Å². The normalized spacial score (nSPS) is 10.9. The Hall–Kier alpha value is -0.840. The van der Waals surface area contributed by atoms with Crippen LogP contribution in [0, 0.1) is 0 Å². The highest BCUT2D eigenvalue weighted by molar-refractivity contribution is 6.30. The van der Waals surface area contributed by atoms with Crippen molar-refractivity contribution in [3.05, 3.63) is 23.0 Å². The molecule has 0 spiro atoms. The number of hydrogen-bond donors (Lipinski definition) is 0. The van der Waals surface area contributed by atoms with Crippen LogP contribution in [0.1, 0.15) is 23.8 Å². The molecule has 0 saturated heterocycles. The van der Waals surface area contributed by atoms with Crippen molar-refractivity contribution in [2.45, 2.75) is 13.3 Å². The Morgan fingerprint density at radius 2 is 2.00 bits per heavy atom. The van der Waals surface area contributed by atoms with Gasteiger partial charge in [0.05, 0.1) is 5.69 Å². The summed E-state index contributed by atoms with van der Waals surface area (Å²) in [5.74, 6) is -0.0870. The largest absolute Gasteiger partial charge is 0.338 e. The number of nitrogens with zero attached hydrogens (tertiary/aromatic N) is 1. The summed E-state index contributed by atoms with van der Waals surface area (Å²) in [5, 5.41) is 0.406. The summed E-state index contributed by atoms with van der Waals surface area (Å²) in [6, 6.07) is 3.26. The van der Waals surface area contributed by atoms with Crippen LogP contribution < -0.4 is 0 Å². The molecule has 4 nitrogen and oxygen atoms in total. The van der Waals surface area contributed by atoms with E-state index in [0.29, 0.717) is 10.8 Å². The maximum atomic E-state index is 11.2. The molecule has 14 heavy (non-hydrogen) atoms. The van der Waals surface area contributed by atoms with Gasteiger partial charge in [0.25, 0.3) is 0 Å². The zero-order valence-electron chi connectivity index (χ0n) is 8.28. The quantitative estimate of drug-likeness (QED) is 0.573. The molecule has 0 radical (unpaired) electrons. The van der Waals surface area contributed by atoms with Gasteiger partial charge in [0.15, 0.2) is 5.78 Å². The Balaban J connectivity index is 3.15. The third kappa shape index (κ3) is 1.97. The van der Waals surface area contributed by atoms with Crippen LogP contribution >= 0.6 is 11.6 Å². The average Bonchev–Trinajstić information content (AvgIpc) is 2.51. The van der Waals surface area contributed by atoms with Crippen LogP contribution in [-0.4, -0.2) is 24.6 Å². The van der Waals surface area contributed by atoms with Gasteiger partial charge in [-0.2, -0.15) is 0 Å². The van der Waals surface area contributed by atoms with Crippen molar-refractivity contribution in [3.8, 4) is 0 Å². The second-order valence-electron chi connectivity index (χ2n) is 2.75. The molecule has 0 unspecified atom stereocenters. The Kier molecular flexibility index (Phi) is 3.69. The van der Waals surface area contributed by atoms with E-state index < -0.39 is 6.41 Å². The van der Waals surface area contributed by atoms with E-state index in [1.165, 1.54) is 25.7 Å². The number of carbonyl (C=O) groups excluding carboxylic acids is 1. The van der Waals surface area contributed by atoms with Gasteiger partial charge in [-0.25, -0.2) is 0 Å². The fraction of sp³-hybridized carbons (Fsp3) is 0.444. The predicted octanol–water partition coefficient (Wildman–Crippen LogP) is 2.09. The number of ether oxygens (including phenoxy) is 2. The lowest BCUT2D eigenvalue weighted by molar-refractivity contribution is -0.156. The number of methoxy groups -OCH3 is 2. The molecule has 0 amide bonds. The second kappa shape index (κ2) is 4.59. The molecule has 0 atom stereocenters. The first-order valence-electron chi connectivity index (χ1n) is 4.05. The molecule has 0 aliphatic carbocycles. The van der Waals surface area contributed by atoms with Crippen molar-refractivity contribution >= 4 is 17.4 Å². The van der Waals surface area contributed by atoms with Crippen LogP contribution in [-0.2, 0) is 9.47 Å². The van der Waals surface area contributed by atoms with Gasteiger partial charge in [0.1, 0.15) is 5.15 Å². The van der Waals surface area contributed by atoms with E-state index in [1.807, 2.05) is 0 Å². The van der Waals surface area contributed by atoms with Gasteiger partial charge in [-0.3, -0.25) is 9.36 Å². The molecule has 0 aliphatic heterocycles. The minimum Gasteiger partial charge on any atom is -0.338 e. The Morgan fingerprint density at radius 3 is 2.43 bits per heavy atom. The van der Waals surface area contributed by atoms with Crippen LogP contribution in [0.15, 0.2) is 12.1 Å². The third-order valence-electron chi connectivity index (χ3n) is 1.84. The highest BCUT2D eigenvalue weighted by Gasteiger charge is 2.17. The summed E-state index contributed by atoms with van der Waals surface area (Å²) >= 11 is 5.89. The first-order valence-corrected chi connectivity index (χ1v) is 4.43. The SMILES string of the molecule is COC(OC)n1c(Cl)ccc1C(C)=O. The number of ketones is 1. The minimum atomic E-state index is -0.670. The number of rotatable bonds is 4. The molecule has 1 rings (SSSR count). The van der Waals surface area contributed by atoms with E-state index in [1.54, 1.807) is 12.1 Å². The van der Waals surface area contributed by atoms with E-state index in [-0.39, 0.29) is 5.78 Å². The lowest BCUT2D eigenvalue weighted by atomic mass is 10.3. The molecule has 0 aliphatic rings. The molecule has 0 aromatic carbocycles. The Bertz CT molecular complexity index is 331. The zero-order chi connectivity index (χ0) is 10.7. The molecular weight excluding hydrogens is 206 g/mol. The minimum absolute atomic E-state index is 0.0870. The van der Waals surface area contributed by atoms with Crippen LogP contribution in [0.4, 0.5) is 0 Å². The van der Waals surface area contributed by atoms with E-state index >= 15 is 0 Å². The lowest BCUT2D eigenvalue weighted by Gasteiger charge is -2.18. The molecule has 0 bridgehead atoms. The first-order chi connectivity index (χ1) is 6.61. The monoisotopic (exact) mass is 217 g/mol. The summed E-state index contributed by atoms with van der Waals surface area (Å²) in [6.45, 7) is 1.46. The predicted molar refractivity (Wildman–Crippen MR) is 52.5 cm³/mol. The topological polar surface area (TPSA) is 40.5 Å². The van der Waals surface area contributed by atoms with Crippen molar-refractivity contribution < 1.29 is 14.3 Å². The summed E-state index contributed by atoms with van der Waals surface area (Å²) in [6.07, 6.45) is -0.670. The van der Waals surface area contributed by atoms with Crippen LogP contribution in [0.3, 0.4) is 0 Å². The highest BCUT2D eigenvalue weighted by Crippen LogP contribution is 2.22. The standard InChI is InChI=1S/C9H12ClNO3/c1-6(12)7-4-5-8(10)11(7)9(13-2)14-3/h4-5,9H,1-3H3. The smallest absolute Gasteiger partial charge is 0.245 e. The second-order valence-corrected chi connectivity index (χ2v) is 3.13. The van der Waals surface area contributed by atoms with Gasteiger partial charge in [0.2, 0.25) is 6.41 Å². The Labute approximate surface area is 87.4 Å². The lowest BCUT2D eigenvalue weighted by Crippen LogP contribution is -2.17. The van der Waals surface area contributed by atoms with E-state index in [2.05, 4.69) is 0 Å². The van der Waals surface area contributed by atoms with Crippen LogP contribution in [0.25, 0.3) is 0 Å². The number of aromatic nitrogens is 1. The van der Waals surface area contributed by atoms with E-state index in [9.17, 15) is 4.79 Å². The number of Topliss-reactive ketones (excluding diaryl/α,β-unsaturated/α-hetero) is 1. The van der Waals surface area contributed by atoms with Gasteiger partial charge < -0.3 is 9.47 Å². The number of halogens is 1. The molecule has 78 valence electrons. The summed E-state index contributed by atoms with van der Waals surface area (Å²) in [5.41, 5.74) is 0.462. The zero-order valence-corrected chi connectivity index (χ0v) is 9.04. The van der Waals surface area contributed by atoms with Gasteiger partial charge >= 0.3 is 0 Å². The van der Waals surface area contributed by atoms with E-state index in [0.717, 1.165) is 0 Å². The molecule has 0 N–H and O–H groups in total. The van der Waals surface area contributed by atoms with Crippen molar-refractivity contribution in [3.63, 3.8) is 0 Å². The first kappa shape index (κ1) is 11.2. The maximum Gasteiger partial charge on any atom is 0.245 e. The molecule has 1 aromatic rings. The number of hydrogen-bond acceptors (Lipinski definition) is 3. The maximum absolute atomic E-state index is 11.2. The average molecular weight is 218 g/mol. The van der Waals surface area contributed by atoms with Gasteiger partial charge in [0, 0.05) is 21.1 Å². The molecule has 1 aromatic heterocycles. The van der Waals surface area contributed by atoms with Crippen molar-refractivity contribution in [1.29, 1.82) is 0 Å².